The van der Waals surface area contributed by atoms with E-state index in [1.54, 1.807) is 0 Å². The SMILES string of the molecule is CCC(C)N1CCN(C(C)C#N)CC1. The molecule has 3 heteroatoms. The van der Waals surface area contributed by atoms with E-state index in [0.717, 1.165) is 26.2 Å². The number of piperazine rings is 1. The summed E-state index contributed by atoms with van der Waals surface area (Å²) in [5, 5.41) is 8.80. The molecule has 1 saturated heterocycles. The predicted octanol–water partition coefficient (Wildman–Crippen LogP) is 1.31. The number of nitriles is 1. The van der Waals surface area contributed by atoms with E-state index in [9.17, 15) is 0 Å². The summed E-state index contributed by atoms with van der Waals surface area (Å²) in [7, 11) is 0. The van der Waals surface area contributed by atoms with Gasteiger partial charge >= 0.3 is 0 Å². The molecule has 0 saturated carbocycles. The minimum absolute atomic E-state index is 0.0779. The lowest BCUT2D eigenvalue weighted by molar-refractivity contribution is 0.0905. The van der Waals surface area contributed by atoms with Crippen LogP contribution in [0.2, 0.25) is 0 Å². The number of hydrogen-bond acceptors (Lipinski definition) is 3. The standard InChI is InChI=1S/C11H21N3/c1-4-10(2)13-5-7-14(8-6-13)11(3)9-12/h10-11H,4-8H2,1-3H3. The summed E-state index contributed by atoms with van der Waals surface area (Å²) in [6.07, 6.45) is 1.22. The summed E-state index contributed by atoms with van der Waals surface area (Å²) in [6, 6.07) is 3.07. The fraction of sp³-hybridized carbons (Fsp3) is 0.909. The van der Waals surface area contributed by atoms with E-state index in [1.807, 2.05) is 6.92 Å². The number of nitrogens with zero attached hydrogens (tertiary/aromatic N) is 3. The Balaban J connectivity index is 2.35. The first-order chi connectivity index (χ1) is 6.69. The van der Waals surface area contributed by atoms with Crippen LogP contribution in [0, 0.1) is 11.3 Å². The molecule has 0 aromatic carbocycles. The van der Waals surface area contributed by atoms with Gasteiger partial charge in [0, 0.05) is 32.2 Å². The summed E-state index contributed by atoms with van der Waals surface area (Å²) < 4.78 is 0. The zero-order valence-electron chi connectivity index (χ0n) is 9.53. The van der Waals surface area contributed by atoms with Crippen LogP contribution in [0.15, 0.2) is 0 Å². The van der Waals surface area contributed by atoms with Crippen molar-refractivity contribution in [2.24, 2.45) is 0 Å². The second-order valence-electron chi connectivity index (χ2n) is 4.13. The summed E-state index contributed by atoms with van der Waals surface area (Å²) in [5.41, 5.74) is 0. The molecule has 0 spiro atoms. The minimum atomic E-state index is 0.0779. The highest BCUT2D eigenvalue weighted by atomic mass is 15.3. The first kappa shape index (κ1) is 11.5. The Bertz CT molecular complexity index is 201. The largest absolute Gasteiger partial charge is 0.298 e. The average Bonchev–Trinajstić information content (AvgIpc) is 2.27. The van der Waals surface area contributed by atoms with Crippen LogP contribution in [0.1, 0.15) is 27.2 Å². The molecule has 0 radical (unpaired) electrons. The van der Waals surface area contributed by atoms with Gasteiger partial charge in [-0.3, -0.25) is 9.80 Å². The first-order valence-electron chi connectivity index (χ1n) is 5.56. The van der Waals surface area contributed by atoms with Crippen molar-refractivity contribution in [2.45, 2.75) is 39.3 Å². The highest BCUT2D eigenvalue weighted by molar-refractivity contribution is 4.90. The van der Waals surface area contributed by atoms with Gasteiger partial charge in [-0.2, -0.15) is 5.26 Å². The first-order valence-corrected chi connectivity index (χ1v) is 5.56. The molecule has 1 aliphatic heterocycles. The molecule has 1 aliphatic rings. The molecule has 0 N–H and O–H groups in total. The fourth-order valence-corrected chi connectivity index (χ4v) is 1.91. The molecule has 2 unspecified atom stereocenters. The van der Waals surface area contributed by atoms with Gasteiger partial charge in [0.25, 0.3) is 0 Å². The van der Waals surface area contributed by atoms with Crippen molar-refractivity contribution < 1.29 is 0 Å². The molecule has 1 fully saturated rings. The Morgan fingerprint density at radius 1 is 1.14 bits per heavy atom. The second-order valence-corrected chi connectivity index (χ2v) is 4.13. The van der Waals surface area contributed by atoms with Crippen LogP contribution in [0.5, 0.6) is 0 Å². The van der Waals surface area contributed by atoms with Crippen molar-refractivity contribution in [3.63, 3.8) is 0 Å². The third-order valence-corrected chi connectivity index (χ3v) is 3.30. The molecule has 1 heterocycles. The number of hydrogen-bond donors (Lipinski definition) is 0. The predicted molar refractivity (Wildman–Crippen MR) is 58.0 cm³/mol. The Hall–Kier alpha value is -0.590. The normalized spacial score (nSPS) is 24.1. The molecule has 0 aromatic rings. The Kier molecular flexibility index (Phi) is 4.37. The van der Waals surface area contributed by atoms with E-state index in [4.69, 9.17) is 5.26 Å². The maximum atomic E-state index is 8.80. The molecule has 0 aliphatic carbocycles. The van der Waals surface area contributed by atoms with Crippen molar-refractivity contribution in [3.05, 3.63) is 0 Å². The lowest BCUT2D eigenvalue weighted by Gasteiger charge is -2.38. The Morgan fingerprint density at radius 3 is 2.07 bits per heavy atom. The van der Waals surface area contributed by atoms with E-state index >= 15 is 0 Å². The molecule has 0 aromatic heterocycles. The minimum Gasteiger partial charge on any atom is -0.298 e. The van der Waals surface area contributed by atoms with Gasteiger partial charge in [-0.1, -0.05) is 6.92 Å². The van der Waals surface area contributed by atoms with Crippen molar-refractivity contribution in [1.82, 2.24) is 9.80 Å². The zero-order valence-corrected chi connectivity index (χ0v) is 9.53. The average molecular weight is 195 g/mol. The maximum absolute atomic E-state index is 8.80. The third-order valence-electron chi connectivity index (χ3n) is 3.30. The Morgan fingerprint density at radius 2 is 1.64 bits per heavy atom. The van der Waals surface area contributed by atoms with Gasteiger partial charge < -0.3 is 0 Å². The van der Waals surface area contributed by atoms with E-state index < -0.39 is 0 Å². The van der Waals surface area contributed by atoms with Crippen LogP contribution in [0.3, 0.4) is 0 Å². The van der Waals surface area contributed by atoms with Crippen LogP contribution in [-0.4, -0.2) is 48.1 Å². The van der Waals surface area contributed by atoms with Gasteiger partial charge in [0.15, 0.2) is 0 Å². The van der Waals surface area contributed by atoms with Crippen molar-refractivity contribution in [3.8, 4) is 6.07 Å². The van der Waals surface area contributed by atoms with Gasteiger partial charge in [0.1, 0.15) is 0 Å². The summed E-state index contributed by atoms with van der Waals surface area (Å²) in [5.74, 6) is 0. The lowest BCUT2D eigenvalue weighted by atomic mass is 10.1. The molecular formula is C11H21N3. The maximum Gasteiger partial charge on any atom is 0.0950 e. The molecule has 2 atom stereocenters. The quantitative estimate of drug-likeness (QED) is 0.680. The highest BCUT2D eigenvalue weighted by Gasteiger charge is 2.22. The van der Waals surface area contributed by atoms with Crippen LogP contribution < -0.4 is 0 Å². The molecule has 80 valence electrons. The van der Waals surface area contributed by atoms with Crippen LogP contribution >= 0.6 is 0 Å². The topological polar surface area (TPSA) is 30.3 Å². The van der Waals surface area contributed by atoms with Crippen LogP contribution in [-0.2, 0) is 0 Å². The fourth-order valence-electron chi connectivity index (χ4n) is 1.91. The number of rotatable bonds is 3. The second kappa shape index (κ2) is 5.33. The molecule has 3 nitrogen and oxygen atoms in total. The Labute approximate surface area is 87.3 Å². The van der Waals surface area contributed by atoms with Crippen LogP contribution in [0.4, 0.5) is 0 Å². The summed E-state index contributed by atoms with van der Waals surface area (Å²) in [4.78, 5) is 4.78. The van der Waals surface area contributed by atoms with Gasteiger partial charge in [-0.15, -0.1) is 0 Å². The van der Waals surface area contributed by atoms with E-state index in [0.29, 0.717) is 6.04 Å². The van der Waals surface area contributed by atoms with Gasteiger partial charge in [0.2, 0.25) is 0 Å². The van der Waals surface area contributed by atoms with Crippen molar-refractivity contribution in [2.75, 3.05) is 26.2 Å². The van der Waals surface area contributed by atoms with Gasteiger partial charge in [-0.05, 0) is 20.3 Å². The third kappa shape index (κ3) is 2.70. The lowest BCUT2D eigenvalue weighted by Crippen LogP contribution is -2.51. The highest BCUT2D eigenvalue weighted by Crippen LogP contribution is 2.10. The molecule has 1 rings (SSSR count). The van der Waals surface area contributed by atoms with Gasteiger partial charge in [-0.25, -0.2) is 0 Å². The van der Waals surface area contributed by atoms with E-state index in [1.165, 1.54) is 6.42 Å². The molecule has 0 bridgehead atoms. The van der Waals surface area contributed by atoms with E-state index in [-0.39, 0.29) is 6.04 Å². The molecule has 0 amide bonds. The molecule has 14 heavy (non-hydrogen) atoms. The zero-order chi connectivity index (χ0) is 10.6. The van der Waals surface area contributed by atoms with Gasteiger partial charge in [0.05, 0.1) is 12.1 Å². The smallest absolute Gasteiger partial charge is 0.0950 e. The molecular weight excluding hydrogens is 174 g/mol. The van der Waals surface area contributed by atoms with Crippen molar-refractivity contribution >= 4 is 0 Å². The summed E-state index contributed by atoms with van der Waals surface area (Å²) >= 11 is 0. The monoisotopic (exact) mass is 195 g/mol. The summed E-state index contributed by atoms with van der Waals surface area (Å²) in [6.45, 7) is 10.8. The van der Waals surface area contributed by atoms with Crippen molar-refractivity contribution in [1.29, 1.82) is 5.26 Å². The van der Waals surface area contributed by atoms with E-state index in [2.05, 4.69) is 29.7 Å². The van der Waals surface area contributed by atoms with Crippen LogP contribution in [0.25, 0.3) is 0 Å².